The number of amides is 1. The number of nitrogens with zero attached hydrogens (tertiary/aromatic N) is 4. The van der Waals surface area contributed by atoms with Gasteiger partial charge in [0.15, 0.2) is 17.3 Å². The number of likely N-dealkylation sites (N-methyl/N-ethyl adjacent to an activating group) is 1. The van der Waals surface area contributed by atoms with Crippen LogP contribution < -0.4 is 35.1 Å². The second kappa shape index (κ2) is 22.9. The Balaban J connectivity index is 1.14. The van der Waals surface area contributed by atoms with Crippen LogP contribution in [0.3, 0.4) is 0 Å². The molecule has 0 aromatic heterocycles. The van der Waals surface area contributed by atoms with Crippen molar-refractivity contribution < 1.29 is 56.1 Å². The first-order chi connectivity index (χ1) is 34.9. The molecule has 22 heteroatoms. The van der Waals surface area contributed by atoms with E-state index in [0.717, 1.165) is 46.3 Å². The van der Waals surface area contributed by atoms with Gasteiger partial charge in [0.05, 0.1) is 34.3 Å². The van der Waals surface area contributed by atoms with Gasteiger partial charge in [0.2, 0.25) is 5.91 Å². The molecule has 4 aromatic rings. The van der Waals surface area contributed by atoms with Crippen molar-refractivity contribution in [1.29, 1.82) is 0 Å². The zero-order valence-electron chi connectivity index (χ0n) is 42.4. The molecule has 4 N–H and O–H groups in total. The minimum atomic E-state index is -4.76. The van der Waals surface area contributed by atoms with Crippen LogP contribution in [0, 0.1) is 27.2 Å². The first-order valence-corrected chi connectivity index (χ1v) is 24.9. The standard InChI is InChI=1S/C52H59N7O14S/c1-31-14-10-11-15-38(31)51(3,4)45(53-7)27-36-47(37(48(36)60)28-46-52(5,6)39-16-12-13-17-41(39)57(46)8)56-40(30-74(67,68)69)49(61)55-23-22-54-24-25-71-44-29-42(59(65)66)35(26-43(44)70-9)32(2)72-50(62)73-34-20-18-33(19-21-34)58(63)64/h10-21,26-29,32,40,54,56H,22-25,30H2,1-9H3,(H,55,61)(H,67,68,69)/b36-27-,46-28+,53-45?. The Morgan fingerprint density at radius 3 is 2.26 bits per heavy atom. The molecular weight excluding hydrogens is 979 g/mol. The number of carbonyl (C=O) groups excluding carboxylic acids is 3. The third kappa shape index (κ3) is 12.4. The maximum atomic E-state index is 14.3. The van der Waals surface area contributed by atoms with Crippen LogP contribution in [0.25, 0.3) is 0 Å². The van der Waals surface area contributed by atoms with Crippen LogP contribution in [0.15, 0.2) is 125 Å². The SMILES string of the molecule is CN=C(/C=C1\C(=O)C(/C=C2/N(C)c3ccccc3C2(C)C)=C1NC(CS(=O)(=O)O)C(=O)NCCNCCOc1cc([N+](=O)[O-])c(C(C)OC(=O)Oc2ccc([N+](=O)[O-])cc2)cc1OC)C(C)(C)c1ccccc1C. The van der Waals surface area contributed by atoms with Gasteiger partial charge in [-0.15, -0.1) is 0 Å². The predicted molar refractivity (Wildman–Crippen MR) is 277 cm³/mol. The van der Waals surface area contributed by atoms with Crippen LogP contribution in [0.4, 0.5) is 21.9 Å². The number of hydrogen-bond donors (Lipinski definition) is 4. The van der Waals surface area contributed by atoms with Crippen molar-refractivity contribution in [3.05, 3.63) is 162 Å². The Morgan fingerprint density at radius 1 is 0.959 bits per heavy atom. The van der Waals surface area contributed by atoms with E-state index in [0.29, 0.717) is 5.71 Å². The van der Waals surface area contributed by atoms with Crippen LogP contribution in [-0.4, -0.2) is 106 Å². The number of methoxy groups -OCH3 is 1. The summed E-state index contributed by atoms with van der Waals surface area (Å²) in [6.45, 7) is 11.6. The Kier molecular flexibility index (Phi) is 17.1. The zero-order valence-corrected chi connectivity index (χ0v) is 43.2. The van der Waals surface area contributed by atoms with Gasteiger partial charge in [-0.1, -0.05) is 70.2 Å². The van der Waals surface area contributed by atoms with Gasteiger partial charge in [-0.2, -0.15) is 8.42 Å². The number of rotatable bonds is 22. The van der Waals surface area contributed by atoms with Crippen molar-refractivity contribution in [1.82, 2.24) is 16.0 Å². The van der Waals surface area contributed by atoms with E-state index in [4.69, 9.17) is 18.9 Å². The van der Waals surface area contributed by atoms with Crippen LogP contribution >= 0.6 is 0 Å². The van der Waals surface area contributed by atoms with E-state index in [1.807, 2.05) is 95.1 Å². The number of aryl methyl sites for hydroxylation is 1. The van der Waals surface area contributed by atoms with E-state index in [2.05, 4.69) is 20.9 Å². The number of nitro benzene ring substituents is 2. The fraction of sp³-hybridized carbons (Fsp3) is 0.346. The third-order valence-corrected chi connectivity index (χ3v) is 13.6. The molecule has 0 fully saturated rings. The number of hydrogen-bond acceptors (Lipinski definition) is 17. The molecule has 74 heavy (non-hydrogen) atoms. The average Bonchev–Trinajstić information content (AvgIpc) is 3.54. The molecule has 21 nitrogen and oxygen atoms in total. The molecular formula is C52H59N7O14S. The fourth-order valence-electron chi connectivity index (χ4n) is 8.96. The van der Waals surface area contributed by atoms with Gasteiger partial charge in [0.25, 0.3) is 21.5 Å². The first kappa shape index (κ1) is 55.4. The molecule has 0 radical (unpaired) electrons. The van der Waals surface area contributed by atoms with Crippen molar-refractivity contribution in [2.45, 2.75) is 64.5 Å². The van der Waals surface area contributed by atoms with E-state index < -0.39 is 66.4 Å². The van der Waals surface area contributed by atoms with Crippen LogP contribution in [0.5, 0.6) is 17.2 Å². The Hall–Kier alpha value is -7.95. The van der Waals surface area contributed by atoms with Crippen LogP contribution in [0.2, 0.25) is 0 Å². The van der Waals surface area contributed by atoms with E-state index in [-0.39, 0.29) is 77.4 Å². The molecule has 0 spiro atoms. The van der Waals surface area contributed by atoms with E-state index >= 15 is 0 Å². The van der Waals surface area contributed by atoms with Crippen molar-refractivity contribution >= 4 is 50.7 Å². The number of Topliss-reactive ketones (excluding diaryl/α,β-unsaturated/α-hetero) is 1. The number of carbonyl (C=O) groups is 3. The lowest BCUT2D eigenvalue weighted by atomic mass is 9.75. The van der Waals surface area contributed by atoms with E-state index in [1.165, 1.54) is 32.2 Å². The van der Waals surface area contributed by atoms with E-state index in [1.54, 1.807) is 19.2 Å². The summed E-state index contributed by atoms with van der Waals surface area (Å²) in [5.41, 5.74) is 3.94. The lowest BCUT2D eigenvalue weighted by Crippen LogP contribution is -2.51. The number of anilines is 1. The highest BCUT2D eigenvalue weighted by atomic mass is 32.2. The second-order valence-corrected chi connectivity index (χ2v) is 20.0. The molecule has 6 rings (SSSR count). The number of nitrogens with one attached hydrogen (secondary N) is 3. The number of ether oxygens (including phenoxy) is 4. The van der Waals surface area contributed by atoms with Crippen molar-refractivity contribution in [2.75, 3.05) is 58.1 Å². The van der Waals surface area contributed by atoms with Crippen molar-refractivity contribution in [2.24, 2.45) is 4.99 Å². The summed E-state index contributed by atoms with van der Waals surface area (Å²) < 4.78 is 56.6. The molecule has 392 valence electrons. The zero-order chi connectivity index (χ0) is 54.3. The van der Waals surface area contributed by atoms with Gasteiger partial charge < -0.3 is 39.8 Å². The summed E-state index contributed by atoms with van der Waals surface area (Å²) in [6, 6.07) is 21.1. The first-order valence-electron chi connectivity index (χ1n) is 23.3. The molecule has 0 saturated carbocycles. The third-order valence-electron chi connectivity index (χ3n) is 12.8. The molecule has 1 aliphatic carbocycles. The number of allylic oxidation sites excluding steroid dienone is 5. The number of benzene rings is 4. The molecule has 1 aliphatic heterocycles. The summed E-state index contributed by atoms with van der Waals surface area (Å²) in [6.07, 6.45) is 0.959. The van der Waals surface area contributed by atoms with Gasteiger partial charge in [0, 0.05) is 84.9 Å². The predicted octanol–water partition coefficient (Wildman–Crippen LogP) is 7.15. The molecule has 2 atom stereocenters. The lowest BCUT2D eigenvalue weighted by molar-refractivity contribution is -0.386. The summed E-state index contributed by atoms with van der Waals surface area (Å²) in [4.78, 5) is 69.1. The summed E-state index contributed by atoms with van der Waals surface area (Å²) in [5, 5.41) is 31.8. The summed E-state index contributed by atoms with van der Waals surface area (Å²) in [5.74, 6) is -2.15. The molecule has 1 amide bonds. The molecule has 0 saturated heterocycles. The number of aliphatic imine (C=N–C) groups is 1. The van der Waals surface area contributed by atoms with Crippen LogP contribution in [0.1, 0.15) is 63.0 Å². The monoisotopic (exact) mass is 1040 g/mol. The molecule has 1 heterocycles. The van der Waals surface area contributed by atoms with Gasteiger partial charge in [0.1, 0.15) is 30.3 Å². The smallest absolute Gasteiger partial charge is 0.493 e. The lowest BCUT2D eigenvalue weighted by Gasteiger charge is -2.33. The fourth-order valence-corrected chi connectivity index (χ4v) is 9.62. The van der Waals surface area contributed by atoms with E-state index in [9.17, 15) is 47.6 Å². The number of fused-ring (bicyclic) bond motifs is 1. The Bertz CT molecular complexity index is 3090. The number of nitro groups is 2. The van der Waals surface area contributed by atoms with Crippen molar-refractivity contribution in [3.8, 4) is 17.2 Å². The Morgan fingerprint density at radius 2 is 1.64 bits per heavy atom. The largest absolute Gasteiger partial charge is 0.514 e. The quantitative estimate of drug-likeness (QED) is 0.00888. The summed E-state index contributed by atoms with van der Waals surface area (Å²) in [7, 11) is 0.0597. The number of non-ortho nitro benzene ring substituents is 1. The molecule has 4 aromatic carbocycles. The normalized spacial score (nSPS) is 16.3. The number of ketones is 1. The molecule has 2 aliphatic rings. The van der Waals surface area contributed by atoms with Gasteiger partial charge in [-0.25, -0.2) is 4.79 Å². The van der Waals surface area contributed by atoms with Gasteiger partial charge in [-0.05, 0) is 67.0 Å². The second-order valence-electron chi connectivity index (χ2n) is 18.5. The van der Waals surface area contributed by atoms with Gasteiger partial charge >= 0.3 is 6.16 Å². The highest BCUT2D eigenvalue weighted by molar-refractivity contribution is 7.85. The maximum Gasteiger partial charge on any atom is 0.514 e. The minimum Gasteiger partial charge on any atom is -0.493 e. The highest BCUT2D eigenvalue weighted by Crippen LogP contribution is 2.48. The molecule has 2 unspecified atom stereocenters. The summed E-state index contributed by atoms with van der Waals surface area (Å²) >= 11 is 0. The highest BCUT2D eigenvalue weighted by Gasteiger charge is 2.43. The van der Waals surface area contributed by atoms with Crippen molar-refractivity contribution in [3.63, 3.8) is 0 Å². The number of para-hydroxylation sites is 1. The minimum absolute atomic E-state index is 0.00574. The Labute approximate surface area is 428 Å². The molecule has 0 bridgehead atoms. The maximum absolute atomic E-state index is 14.3. The topological polar surface area (TPSA) is 280 Å². The van der Waals surface area contributed by atoms with Crippen LogP contribution in [-0.2, 0) is 35.3 Å². The average molecular weight is 1040 g/mol. The van der Waals surface area contributed by atoms with Gasteiger partial charge in [-0.3, -0.25) is 39.4 Å².